The minimum Gasteiger partial charge on any atom is -0.507 e. The average molecular weight is 551 g/mol. The summed E-state index contributed by atoms with van der Waals surface area (Å²) in [6.07, 6.45) is 6.53. The second-order valence-corrected chi connectivity index (χ2v) is 10.9. The van der Waals surface area contributed by atoms with Crippen molar-refractivity contribution in [1.29, 1.82) is 0 Å². The molecule has 40 heavy (non-hydrogen) atoms. The molecule has 8 nitrogen and oxygen atoms in total. The van der Waals surface area contributed by atoms with Crippen molar-refractivity contribution in [3.05, 3.63) is 52.6 Å². The summed E-state index contributed by atoms with van der Waals surface area (Å²) in [6.45, 7) is 6.40. The first-order chi connectivity index (χ1) is 19.2. The van der Waals surface area contributed by atoms with Crippen molar-refractivity contribution in [2.75, 3.05) is 13.7 Å². The van der Waals surface area contributed by atoms with Crippen LogP contribution in [0.5, 0.6) is 23.0 Å². The van der Waals surface area contributed by atoms with E-state index in [1.807, 2.05) is 12.1 Å². The fourth-order valence-corrected chi connectivity index (χ4v) is 5.08. The van der Waals surface area contributed by atoms with Gasteiger partial charge in [-0.15, -0.1) is 0 Å². The van der Waals surface area contributed by atoms with Gasteiger partial charge in [-0.2, -0.15) is 0 Å². The number of methoxy groups -OCH3 is 1. The highest BCUT2D eigenvalue weighted by molar-refractivity contribution is 5.98. The van der Waals surface area contributed by atoms with Crippen LogP contribution < -0.4 is 14.2 Å². The van der Waals surface area contributed by atoms with Gasteiger partial charge in [0.2, 0.25) is 0 Å². The molecule has 1 N–H and O–H groups in total. The van der Waals surface area contributed by atoms with E-state index in [9.17, 15) is 19.5 Å². The van der Waals surface area contributed by atoms with Gasteiger partial charge in [0.25, 0.3) is 0 Å². The lowest BCUT2D eigenvalue weighted by Crippen LogP contribution is -2.23. The van der Waals surface area contributed by atoms with Gasteiger partial charge in [0, 0.05) is 24.3 Å². The Bertz CT molecular complexity index is 1290. The van der Waals surface area contributed by atoms with E-state index in [2.05, 4.69) is 13.8 Å². The van der Waals surface area contributed by atoms with Crippen LogP contribution in [-0.2, 0) is 14.3 Å². The third-order valence-electron chi connectivity index (χ3n) is 7.14. The highest BCUT2D eigenvalue weighted by Gasteiger charge is 2.36. The number of rotatable bonds is 5. The van der Waals surface area contributed by atoms with Crippen LogP contribution in [0.25, 0.3) is 6.08 Å². The van der Waals surface area contributed by atoms with Crippen molar-refractivity contribution in [2.45, 2.75) is 77.7 Å². The summed E-state index contributed by atoms with van der Waals surface area (Å²) in [5.41, 5.74) is 1.48. The number of fused-ring (bicyclic) bond motifs is 2. The van der Waals surface area contributed by atoms with Crippen molar-refractivity contribution < 1.29 is 38.4 Å². The smallest absolute Gasteiger partial charge is 0.342 e. The van der Waals surface area contributed by atoms with Crippen molar-refractivity contribution in [3.63, 3.8) is 0 Å². The maximum Gasteiger partial charge on any atom is 0.342 e. The van der Waals surface area contributed by atoms with E-state index in [1.54, 1.807) is 38.3 Å². The second-order valence-electron chi connectivity index (χ2n) is 10.9. The van der Waals surface area contributed by atoms with Gasteiger partial charge in [-0.05, 0) is 67.9 Å². The molecule has 0 radical (unpaired) electrons. The number of Topliss-reactive ketones (excluding diaryl/α,β-unsaturated/α-hetero) is 1. The lowest BCUT2D eigenvalue weighted by Gasteiger charge is -2.28. The Morgan fingerprint density at radius 1 is 1.07 bits per heavy atom. The first-order valence-electron chi connectivity index (χ1n) is 14.0. The molecule has 0 fully saturated rings. The number of ether oxygens (including phenoxy) is 4. The third-order valence-corrected chi connectivity index (χ3v) is 7.14. The van der Waals surface area contributed by atoms with Crippen LogP contribution in [-0.4, -0.2) is 42.6 Å². The Balaban J connectivity index is 1.78. The summed E-state index contributed by atoms with van der Waals surface area (Å²) in [4.78, 5) is 38.2. The molecule has 0 aromatic heterocycles. The zero-order valence-electron chi connectivity index (χ0n) is 23.7. The third kappa shape index (κ3) is 6.84. The molecule has 2 aliphatic heterocycles. The summed E-state index contributed by atoms with van der Waals surface area (Å²) in [5, 5.41) is 11.6. The molecule has 2 aromatic carbocycles. The number of benzene rings is 2. The van der Waals surface area contributed by atoms with Crippen LogP contribution >= 0.6 is 0 Å². The van der Waals surface area contributed by atoms with Crippen LogP contribution in [0.2, 0.25) is 0 Å². The van der Waals surface area contributed by atoms with Gasteiger partial charge < -0.3 is 24.1 Å². The first-order valence-corrected chi connectivity index (χ1v) is 14.0. The zero-order valence-corrected chi connectivity index (χ0v) is 23.7. The monoisotopic (exact) mass is 550 g/mol. The molecule has 0 aliphatic carbocycles. The molecule has 4 rings (SSSR count). The Morgan fingerprint density at radius 3 is 2.60 bits per heavy atom. The van der Waals surface area contributed by atoms with Gasteiger partial charge in [-0.3, -0.25) is 9.59 Å². The number of cyclic esters (lactones) is 1. The van der Waals surface area contributed by atoms with Gasteiger partial charge in [0.15, 0.2) is 11.5 Å². The Morgan fingerprint density at radius 2 is 1.85 bits per heavy atom. The number of phenols is 1. The maximum absolute atomic E-state index is 13.4. The molecule has 2 aliphatic rings. The van der Waals surface area contributed by atoms with E-state index in [0.717, 1.165) is 0 Å². The molecular weight excluding hydrogens is 512 g/mol. The number of hydrogen-bond acceptors (Lipinski definition) is 8. The molecule has 0 saturated heterocycles. The molecule has 2 heterocycles. The van der Waals surface area contributed by atoms with Crippen molar-refractivity contribution in [3.8, 4) is 23.0 Å². The molecule has 0 spiro atoms. The van der Waals surface area contributed by atoms with Gasteiger partial charge in [-0.1, -0.05) is 32.1 Å². The largest absolute Gasteiger partial charge is 0.507 e. The number of carbonyl (C=O) groups excluding carboxylic acids is 3. The predicted molar refractivity (Wildman–Crippen MR) is 150 cm³/mol. The van der Waals surface area contributed by atoms with Crippen LogP contribution in [0, 0.1) is 5.92 Å². The number of phenolic OH excluding ortho intramolecular Hbond substituents is 1. The predicted octanol–water partition coefficient (Wildman–Crippen LogP) is 6.36. The lowest BCUT2D eigenvalue weighted by molar-refractivity contribution is -0.135. The molecule has 2 aromatic rings. The number of aromatic hydroxyl groups is 1. The van der Waals surface area contributed by atoms with E-state index >= 15 is 0 Å². The number of carbonyl (C=O) groups is 3. The number of allylic oxidation sites excluding steroid dienone is 1. The van der Waals surface area contributed by atoms with Crippen molar-refractivity contribution in [2.24, 2.45) is 5.92 Å². The van der Waals surface area contributed by atoms with Crippen molar-refractivity contribution >= 4 is 23.8 Å². The van der Waals surface area contributed by atoms with E-state index < -0.39 is 24.0 Å². The normalized spacial score (nSPS) is 20.2. The standard InChI is InChI=1S/C32H38O8/c1-19(2)18-38-25-14-13-21(15-26(25)37-4)24-17-28(34)40-27-16-22-10-6-5-7-11-23(33)12-8-9-20(3)39-32(36)29(22)31(35)30(24)27/h6,10,13-16,19-20,24,35H,5,7-9,11-12,17-18H2,1-4H3/t20-,24-/m0/s1. The Labute approximate surface area is 235 Å². The van der Waals surface area contributed by atoms with E-state index in [1.165, 1.54) is 0 Å². The lowest BCUT2D eigenvalue weighted by atomic mass is 9.83. The summed E-state index contributed by atoms with van der Waals surface area (Å²) < 4.78 is 22.7. The fraction of sp³-hybridized carbons (Fsp3) is 0.469. The van der Waals surface area contributed by atoms with E-state index in [0.29, 0.717) is 79.2 Å². The molecule has 2 atom stereocenters. The maximum atomic E-state index is 13.4. The van der Waals surface area contributed by atoms with E-state index in [4.69, 9.17) is 18.9 Å². The first kappa shape index (κ1) is 29.2. The van der Waals surface area contributed by atoms with Gasteiger partial charge in [0.1, 0.15) is 22.8 Å². The Kier molecular flexibility index (Phi) is 9.50. The summed E-state index contributed by atoms with van der Waals surface area (Å²) >= 11 is 0. The number of hydrogen-bond donors (Lipinski definition) is 1. The van der Waals surface area contributed by atoms with Crippen molar-refractivity contribution in [1.82, 2.24) is 0 Å². The fourth-order valence-electron chi connectivity index (χ4n) is 5.08. The topological polar surface area (TPSA) is 108 Å². The van der Waals surface area contributed by atoms with E-state index in [-0.39, 0.29) is 29.3 Å². The van der Waals surface area contributed by atoms with Crippen LogP contribution in [0.1, 0.15) is 98.7 Å². The van der Waals surface area contributed by atoms with Gasteiger partial charge in [0.05, 0.1) is 26.2 Å². The van der Waals surface area contributed by atoms with Gasteiger partial charge >= 0.3 is 11.9 Å². The Hall–Kier alpha value is -3.81. The minimum atomic E-state index is -0.665. The molecule has 0 unspecified atom stereocenters. The van der Waals surface area contributed by atoms with Crippen LogP contribution in [0.4, 0.5) is 0 Å². The molecule has 0 amide bonds. The quantitative estimate of drug-likeness (QED) is 0.339. The summed E-state index contributed by atoms with van der Waals surface area (Å²) in [6, 6.07) is 7.01. The molecule has 214 valence electrons. The highest BCUT2D eigenvalue weighted by atomic mass is 16.5. The zero-order chi connectivity index (χ0) is 28.8. The summed E-state index contributed by atoms with van der Waals surface area (Å²) in [7, 11) is 1.55. The number of ketones is 1. The minimum absolute atomic E-state index is 0.0238. The average Bonchev–Trinajstić information content (AvgIpc) is 2.90. The molecule has 0 bridgehead atoms. The second kappa shape index (κ2) is 13.0. The number of esters is 2. The van der Waals surface area contributed by atoms with Gasteiger partial charge in [-0.25, -0.2) is 4.79 Å². The highest BCUT2D eigenvalue weighted by Crippen LogP contribution is 2.48. The molecule has 0 saturated carbocycles. The van der Waals surface area contributed by atoms with Crippen LogP contribution in [0.3, 0.4) is 0 Å². The molecule has 8 heteroatoms. The SMILES string of the molecule is COc1cc([C@@H]2CC(=O)Oc3cc4c(c(O)c32)C(=O)O[C@@H](C)CCCC(=O)CCCC=C4)ccc1OCC(C)C. The molecular formula is C32H38O8. The summed E-state index contributed by atoms with van der Waals surface area (Å²) in [5.74, 6) is -0.157. The van der Waals surface area contributed by atoms with Crippen LogP contribution in [0.15, 0.2) is 30.3 Å².